The number of aryl methyl sites for hydroxylation is 1. The maximum absolute atomic E-state index is 12.3. The Morgan fingerprint density at radius 1 is 1.17 bits per heavy atom. The van der Waals surface area contributed by atoms with E-state index in [4.69, 9.17) is 5.11 Å². The molecule has 3 rings (SSSR count). The molecule has 1 aliphatic carbocycles. The first-order chi connectivity index (χ1) is 13.9. The molecule has 1 aromatic carbocycles. The molecule has 3 N–H and O–H groups in total. The first kappa shape index (κ1) is 21.3. The summed E-state index contributed by atoms with van der Waals surface area (Å²) in [6, 6.07) is 6.49. The van der Waals surface area contributed by atoms with Crippen molar-refractivity contribution in [3.05, 3.63) is 35.4 Å². The number of rotatable bonds is 9. The third-order valence-corrected chi connectivity index (χ3v) is 6.08. The van der Waals surface area contributed by atoms with Gasteiger partial charge in [-0.1, -0.05) is 43.5 Å². The summed E-state index contributed by atoms with van der Waals surface area (Å²) < 4.78 is 0. The van der Waals surface area contributed by atoms with Crippen molar-refractivity contribution in [2.24, 2.45) is 5.92 Å². The van der Waals surface area contributed by atoms with E-state index in [2.05, 4.69) is 5.32 Å². The second kappa shape index (κ2) is 9.87. The van der Waals surface area contributed by atoms with Crippen LogP contribution in [0.15, 0.2) is 24.3 Å². The van der Waals surface area contributed by atoms with E-state index in [1.807, 2.05) is 24.3 Å². The largest absolute Gasteiger partial charge is 0.481 e. The van der Waals surface area contributed by atoms with Crippen molar-refractivity contribution in [2.45, 2.75) is 69.9 Å². The topological polar surface area (TPSA) is 107 Å². The molecule has 0 bridgehead atoms. The summed E-state index contributed by atoms with van der Waals surface area (Å²) in [4.78, 5) is 36.9. The van der Waals surface area contributed by atoms with Crippen LogP contribution < -0.4 is 5.32 Å². The lowest BCUT2D eigenvalue weighted by atomic mass is 9.84. The van der Waals surface area contributed by atoms with Crippen LogP contribution in [-0.4, -0.2) is 51.7 Å². The predicted octanol–water partition coefficient (Wildman–Crippen LogP) is 2.50. The minimum Gasteiger partial charge on any atom is -0.481 e. The molecule has 7 heteroatoms. The number of carbonyl (C=O) groups excluding carboxylic acids is 2. The predicted molar refractivity (Wildman–Crippen MR) is 107 cm³/mol. The Labute approximate surface area is 171 Å². The van der Waals surface area contributed by atoms with Crippen LogP contribution in [0.3, 0.4) is 0 Å². The van der Waals surface area contributed by atoms with Gasteiger partial charge in [-0.2, -0.15) is 0 Å². The molecule has 0 radical (unpaired) electrons. The molecule has 1 heterocycles. The minimum atomic E-state index is -0.848. The number of aliphatic hydroxyl groups excluding tert-OH is 1. The summed E-state index contributed by atoms with van der Waals surface area (Å²) in [5.74, 6) is -0.883. The molecule has 158 valence electrons. The van der Waals surface area contributed by atoms with Crippen LogP contribution in [0.1, 0.15) is 56.1 Å². The number of aliphatic carboxylic acids is 1. The second-order valence-corrected chi connectivity index (χ2v) is 8.18. The van der Waals surface area contributed by atoms with Crippen LogP contribution in [0.25, 0.3) is 0 Å². The number of aliphatic hydroxyl groups is 1. The van der Waals surface area contributed by atoms with Crippen molar-refractivity contribution in [3.8, 4) is 0 Å². The van der Waals surface area contributed by atoms with Crippen LogP contribution in [0.4, 0.5) is 4.79 Å². The fourth-order valence-electron chi connectivity index (χ4n) is 4.42. The molecule has 3 amide bonds. The normalized spacial score (nSPS) is 21.3. The van der Waals surface area contributed by atoms with Crippen molar-refractivity contribution in [3.63, 3.8) is 0 Å². The smallest absolute Gasteiger partial charge is 0.324 e. The lowest BCUT2D eigenvalue weighted by Crippen LogP contribution is -2.39. The molecular weight excluding hydrogens is 372 g/mol. The zero-order valence-electron chi connectivity index (χ0n) is 16.7. The highest BCUT2D eigenvalue weighted by Gasteiger charge is 2.38. The number of nitrogens with zero attached hydrogens (tertiary/aromatic N) is 1. The van der Waals surface area contributed by atoms with Gasteiger partial charge in [0.15, 0.2) is 0 Å². The monoisotopic (exact) mass is 402 g/mol. The van der Waals surface area contributed by atoms with Crippen molar-refractivity contribution in [2.75, 3.05) is 6.54 Å². The number of carbonyl (C=O) groups is 3. The van der Waals surface area contributed by atoms with E-state index < -0.39 is 24.1 Å². The maximum Gasteiger partial charge on any atom is 0.324 e. The first-order valence-corrected chi connectivity index (χ1v) is 10.5. The molecular formula is C22H30N2O5. The molecule has 29 heavy (non-hydrogen) atoms. The van der Waals surface area contributed by atoms with Gasteiger partial charge in [-0.25, -0.2) is 4.79 Å². The van der Waals surface area contributed by atoms with Gasteiger partial charge >= 0.3 is 12.0 Å². The van der Waals surface area contributed by atoms with E-state index in [1.165, 1.54) is 11.3 Å². The molecule has 1 saturated carbocycles. The van der Waals surface area contributed by atoms with Gasteiger partial charge in [0.2, 0.25) is 0 Å². The van der Waals surface area contributed by atoms with Gasteiger partial charge in [0, 0.05) is 19.4 Å². The van der Waals surface area contributed by atoms with Gasteiger partial charge in [-0.15, -0.1) is 0 Å². The van der Waals surface area contributed by atoms with Crippen LogP contribution in [-0.2, 0) is 22.4 Å². The maximum atomic E-state index is 12.3. The highest BCUT2D eigenvalue weighted by Crippen LogP contribution is 2.28. The van der Waals surface area contributed by atoms with Gasteiger partial charge in [0.05, 0.1) is 6.10 Å². The summed E-state index contributed by atoms with van der Waals surface area (Å²) in [7, 11) is 0. The van der Waals surface area contributed by atoms with E-state index in [9.17, 15) is 19.5 Å². The molecule has 2 fully saturated rings. The quantitative estimate of drug-likeness (QED) is 0.550. The van der Waals surface area contributed by atoms with E-state index in [-0.39, 0.29) is 18.2 Å². The molecule has 1 aliphatic heterocycles. The lowest BCUT2D eigenvalue weighted by Gasteiger charge is -2.29. The molecule has 0 aromatic heterocycles. The zero-order valence-corrected chi connectivity index (χ0v) is 16.7. The third-order valence-electron chi connectivity index (χ3n) is 6.08. The molecule has 0 spiro atoms. The average Bonchev–Trinajstić information content (AvgIpc) is 2.98. The average molecular weight is 402 g/mol. The van der Waals surface area contributed by atoms with Gasteiger partial charge < -0.3 is 15.1 Å². The van der Waals surface area contributed by atoms with Crippen LogP contribution in [0.2, 0.25) is 0 Å². The molecule has 2 unspecified atom stereocenters. The Morgan fingerprint density at radius 2 is 1.90 bits per heavy atom. The molecule has 1 aromatic rings. The molecule has 7 nitrogen and oxygen atoms in total. The van der Waals surface area contributed by atoms with Crippen molar-refractivity contribution >= 4 is 17.9 Å². The Hall–Kier alpha value is -2.41. The fraction of sp³-hybridized carbons (Fsp3) is 0.591. The van der Waals surface area contributed by atoms with E-state index in [1.54, 1.807) is 0 Å². The number of amides is 3. The standard InChI is InChI=1S/C22H30N2O5/c25-19(17-7-2-1-3-8-17)11-12-24-18(21(28)23-22(24)29)14-16-6-4-5-15(13-16)9-10-20(26)27/h4-6,13,17-19,25H,1-3,7-12,14H2,(H,26,27)(H,23,28,29). The summed E-state index contributed by atoms with van der Waals surface area (Å²) in [6.45, 7) is 0.346. The number of hydrogen-bond acceptors (Lipinski definition) is 4. The third kappa shape index (κ3) is 5.79. The number of nitrogens with one attached hydrogen (secondary N) is 1. The fourth-order valence-corrected chi connectivity index (χ4v) is 4.42. The van der Waals surface area contributed by atoms with Crippen LogP contribution >= 0.6 is 0 Å². The van der Waals surface area contributed by atoms with Crippen LogP contribution in [0.5, 0.6) is 0 Å². The highest BCUT2D eigenvalue weighted by molar-refractivity contribution is 6.04. The molecule has 2 atom stereocenters. The van der Waals surface area contributed by atoms with Crippen LogP contribution in [0, 0.1) is 5.92 Å². The van der Waals surface area contributed by atoms with Crippen molar-refractivity contribution in [1.29, 1.82) is 0 Å². The van der Waals surface area contributed by atoms with Gasteiger partial charge in [0.1, 0.15) is 6.04 Å². The second-order valence-electron chi connectivity index (χ2n) is 8.18. The molecule has 1 saturated heterocycles. The minimum absolute atomic E-state index is 0.0526. The Balaban J connectivity index is 1.60. The Morgan fingerprint density at radius 3 is 2.62 bits per heavy atom. The summed E-state index contributed by atoms with van der Waals surface area (Å²) >= 11 is 0. The number of hydrogen-bond donors (Lipinski definition) is 3. The van der Waals surface area contributed by atoms with Gasteiger partial charge in [0.25, 0.3) is 5.91 Å². The van der Waals surface area contributed by atoms with E-state index in [0.717, 1.165) is 36.8 Å². The Bertz CT molecular complexity index is 744. The van der Waals surface area contributed by atoms with Crippen molar-refractivity contribution in [1.82, 2.24) is 10.2 Å². The first-order valence-electron chi connectivity index (χ1n) is 10.5. The lowest BCUT2D eigenvalue weighted by molar-refractivity contribution is -0.137. The summed E-state index contributed by atoms with van der Waals surface area (Å²) in [5, 5.41) is 21.7. The summed E-state index contributed by atoms with van der Waals surface area (Å²) in [6.07, 6.45) is 6.44. The zero-order chi connectivity index (χ0) is 20.8. The number of urea groups is 1. The number of imide groups is 1. The number of carboxylic acids is 1. The van der Waals surface area contributed by atoms with Crippen molar-refractivity contribution < 1.29 is 24.6 Å². The van der Waals surface area contributed by atoms with Gasteiger partial charge in [-0.05, 0) is 42.7 Å². The SMILES string of the molecule is O=C(O)CCc1cccc(CC2C(=O)NC(=O)N2CCC(O)C2CCCCC2)c1. The number of carboxylic acid groups (broad SMARTS) is 1. The number of benzene rings is 1. The highest BCUT2D eigenvalue weighted by atomic mass is 16.4. The Kier molecular flexibility index (Phi) is 7.25. The summed E-state index contributed by atoms with van der Waals surface area (Å²) in [5.41, 5.74) is 1.79. The van der Waals surface area contributed by atoms with E-state index >= 15 is 0 Å². The van der Waals surface area contributed by atoms with E-state index in [0.29, 0.717) is 25.8 Å². The van der Waals surface area contributed by atoms with Gasteiger partial charge in [-0.3, -0.25) is 14.9 Å². The molecule has 2 aliphatic rings.